The Kier molecular flexibility index (Phi) is 6.22. The number of anilines is 1. The van der Waals surface area contributed by atoms with Gasteiger partial charge in [-0.1, -0.05) is 17.7 Å². The summed E-state index contributed by atoms with van der Waals surface area (Å²) in [5.41, 5.74) is 7.95. The number of amides is 1. The number of hydrogen-bond donors (Lipinski definition) is 2. The van der Waals surface area contributed by atoms with E-state index in [1.54, 1.807) is 7.05 Å². The Morgan fingerprint density at radius 3 is 2.50 bits per heavy atom. The first-order valence-electron chi connectivity index (χ1n) is 6.39. The number of carbonyl (C=O) groups is 1. The summed E-state index contributed by atoms with van der Waals surface area (Å²) >= 11 is 0. The van der Waals surface area contributed by atoms with Gasteiger partial charge in [0, 0.05) is 32.2 Å². The molecule has 0 aliphatic rings. The van der Waals surface area contributed by atoms with Crippen LogP contribution in [0.1, 0.15) is 18.4 Å². The Balaban J connectivity index is 2.64. The van der Waals surface area contributed by atoms with Gasteiger partial charge in [-0.05, 0) is 32.0 Å². The summed E-state index contributed by atoms with van der Waals surface area (Å²) in [6.45, 7) is 4.35. The topological polar surface area (TPSA) is 58.4 Å². The van der Waals surface area contributed by atoms with Gasteiger partial charge in [0.05, 0.1) is 0 Å². The highest BCUT2D eigenvalue weighted by molar-refractivity contribution is 5.76. The highest BCUT2D eigenvalue weighted by Gasteiger charge is 2.08. The van der Waals surface area contributed by atoms with Gasteiger partial charge >= 0.3 is 0 Å². The average molecular weight is 249 g/mol. The molecule has 1 rings (SSSR count). The molecule has 0 spiro atoms. The highest BCUT2D eigenvalue weighted by atomic mass is 16.1. The van der Waals surface area contributed by atoms with Crippen molar-refractivity contribution in [2.45, 2.75) is 19.8 Å². The van der Waals surface area contributed by atoms with Crippen LogP contribution in [0, 0.1) is 6.92 Å². The summed E-state index contributed by atoms with van der Waals surface area (Å²) in [6, 6.07) is 8.36. The first-order valence-corrected chi connectivity index (χ1v) is 6.39. The van der Waals surface area contributed by atoms with Crippen LogP contribution in [-0.2, 0) is 4.79 Å². The van der Waals surface area contributed by atoms with Crippen LogP contribution >= 0.6 is 0 Å². The molecule has 0 heterocycles. The first kappa shape index (κ1) is 14.5. The summed E-state index contributed by atoms with van der Waals surface area (Å²) < 4.78 is 0. The van der Waals surface area contributed by atoms with E-state index < -0.39 is 0 Å². The van der Waals surface area contributed by atoms with Gasteiger partial charge in [0.25, 0.3) is 0 Å². The maximum Gasteiger partial charge on any atom is 0.221 e. The molecule has 0 aliphatic carbocycles. The molecule has 4 nitrogen and oxygen atoms in total. The SMILES string of the molecule is CNC(=O)CCN(CCCN)c1ccc(C)cc1. The Labute approximate surface area is 109 Å². The van der Waals surface area contributed by atoms with Crippen molar-refractivity contribution < 1.29 is 4.79 Å². The third-order valence-electron chi connectivity index (χ3n) is 2.92. The minimum atomic E-state index is 0.0693. The van der Waals surface area contributed by atoms with Gasteiger partial charge in [-0.25, -0.2) is 0 Å². The molecule has 0 aliphatic heterocycles. The quantitative estimate of drug-likeness (QED) is 0.765. The van der Waals surface area contributed by atoms with Crippen LogP contribution in [0.2, 0.25) is 0 Å². The molecule has 0 bridgehead atoms. The number of nitrogens with two attached hydrogens (primary N) is 1. The fraction of sp³-hybridized carbons (Fsp3) is 0.500. The smallest absolute Gasteiger partial charge is 0.221 e. The first-order chi connectivity index (χ1) is 8.67. The molecule has 18 heavy (non-hydrogen) atoms. The molecule has 0 radical (unpaired) electrons. The fourth-order valence-electron chi connectivity index (χ4n) is 1.77. The molecular formula is C14H23N3O. The second-order valence-corrected chi connectivity index (χ2v) is 4.39. The largest absolute Gasteiger partial charge is 0.371 e. The molecule has 0 fully saturated rings. The van der Waals surface area contributed by atoms with Gasteiger partial charge < -0.3 is 16.0 Å². The number of nitrogens with zero attached hydrogens (tertiary/aromatic N) is 1. The fourth-order valence-corrected chi connectivity index (χ4v) is 1.77. The highest BCUT2D eigenvalue weighted by Crippen LogP contribution is 2.15. The lowest BCUT2D eigenvalue weighted by molar-refractivity contribution is -0.120. The second-order valence-electron chi connectivity index (χ2n) is 4.39. The van der Waals surface area contributed by atoms with E-state index in [-0.39, 0.29) is 5.91 Å². The Morgan fingerprint density at radius 2 is 1.94 bits per heavy atom. The summed E-state index contributed by atoms with van der Waals surface area (Å²) in [5.74, 6) is 0.0693. The third kappa shape index (κ3) is 4.75. The number of aryl methyl sites for hydroxylation is 1. The summed E-state index contributed by atoms with van der Waals surface area (Å²) in [6.07, 6.45) is 1.44. The van der Waals surface area contributed by atoms with Crippen molar-refractivity contribution in [2.75, 3.05) is 31.6 Å². The van der Waals surface area contributed by atoms with Gasteiger partial charge in [0.15, 0.2) is 0 Å². The Hall–Kier alpha value is -1.55. The zero-order chi connectivity index (χ0) is 13.4. The second kappa shape index (κ2) is 7.71. The number of carbonyl (C=O) groups excluding carboxylic acids is 1. The summed E-state index contributed by atoms with van der Waals surface area (Å²) in [7, 11) is 1.67. The van der Waals surface area contributed by atoms with Crippen molar-refractivity contribution in [2.24, 2.45) is 5.73 Å². The lowest BCUT2D eigenvalue weighted by atomic mass is 10.2. The lowest BCUT2D eigenvalue weighted by Gasteiger charge is -2.24. The van der Waals surface area contributed by atoms with Crippen LogP contribution in [0.4, 0.5) is 5.69 Å². The number of nitrogens with one attached hydrogen (secondary N) is 1. The monoisotopic (exact) mass is 249 g/mol. The van der Waals surface area contributed by atoms with E-state index in [0.29, 0.717) is 13.0 Å². The van der Waals surface area contributed by atoms with Gasteiger partial charge in [-0.3, -0.25) is 4.79 Å². The van der Waals surface area contributed by atoms with Crippen molar-refractivity contribution in [1.82, 2.24) is 5.32 Å². The normalized spacial score (nSPS) is 10.2. The van der Waals surface area contributed by atoms with Crippen molar-refractivity contribution >= 4 is 11.6 Å². The zero-order valence-electron chi connectivity index (χ0n) is 11.3. The van der Waals surface area contributed by atoms with Crippen molar-refractivity contribution in [3.05, 3.63) is 29.8 Å². The summed E-state index contributed by atoms with van der Waals surface area (Å²) in [4.78, 5) is 13.5. The van der Waals surface area contributed by atoms with Gasteiger partial charge in [-0.15, -0.1) is 0 Å². The lowest BCUT2D eigenvalue weighted by Crippen LogP contribution is -2.31. The Morgan fingerprint density at radius 1 is 1.28 bits per heavy atom. The van der Waals surface area contributed by atoms with Crippen LogP contribution in [0.15, 0.2) is 24.3 Å². The van der Waals surface area contributed by atoms with Crippen molar-refractivity contribution in [3.63, 3.8) is 0 Å². The van der Waals surface area contributed by atoms with Crippen LogP contribution < -0.4 is 16.0 Å². The van der Waals surface area contributed by atoms with Gasteiger partial charge in [0.2, 0.25) is 5.91 Å². The molecule has 0 saturated heterocycles. The molecule has 1 amide bonds. The Bertz CT molecular complexity index is 362. The molecule has 0 aromatic heterocycles. The molecule has 1 aromatic rings. The molecular weight excluding hydrogens is 226 g/mol. The zero-order valence-corrected chi connectivity index (χ0v) is 11.3. The summed E-state index contributed by atoms with van der Waals surface area (Å²) in [5, 5.41) is 2.65. The molecule has 0 unspecified atom stereocenters. The van der Waals surface area contributed by atoms with E-state index in [1.807, 2.05) is 0 Å². The molecule has 0 saturated carbocycles. The van der Waals surface area contributed by atoms with Crippen LogP contribution in [0.5, 0.6) is 0 Å². The predicted octanol–water partition coefficient (Wildman–Crippen LogP) is 1.29. The maximum absolute atomic E-state index is 11.3. The minimum absolute atomic E-state index is 0.0693. The van der Waals surface area contributed by atoms with Gasteiger partial charge in [-0.2, -0.15) is 0 Å². The molecule has 1 aromatic carbocycles. The van der Waals surface area contributed by atoms with Crippen LogP contribution in [0.3, 0.4) is 0 Å². The van der Waals surface area contributed by atoms with Gasteiger partial charge in [0.1, 0.15) is 0 Å². The van der Waals surface area contributed by atoms with Crippen LogP contribution in [-0.4, -0.2) is 32.6 Å². The number of hydrogen-bond acceptors (Lipinski definition) is 3. The molecule has 4 heteroatoms. The van der Waals surface area contributed by atoms with Crippen molar-refractivity contribution in [1.29, 1.82) is 0 Å². The number of benzene rings is 1. The molecule has 3 N–H and O–H groups in total. The molecule has 100 valence electrons. The van der Waals surface area contributed by atoms with Crippen LogP contribution in [0.25, 0.3) is 0 Å². The maximum atomic E-state index is 11.3. The van der Waals surface area contributed by atoms with E-state index in [1.165, 1.54) is 5.56 Å². The van der Waals surface area contributed by atoms with E-state index in [9.17, 15) is 4.79 Å². The predicted molar refractivity (Wildman–Crippen MR) is 75.7 cm³/mol. The van der Waals surface area contributed by atoms with E-state index in [4.69, 9.17) is 5.73 Å². The third-order valence-corrected chi connectivity index (χ3v) is 2.92. The molecule has 0 atom stereocenters. The number of rotatable bonds is 7. The minimum Gasteiger partial charge on any atom is -0.371 e. The van der Waals surface area contributed by atoms with E-state index in [2.05, 4.69) is 41.4 Å². The van der Waals surface area contributed by atoms with Crippen molar-refractivity contribution in [3.8, 4) is 0 Å². The standard InChI is InChI=1S/C14H23N3O/c1-12-4-6-13(7-5-12)17(10-3-9-15)11-8-14(18)16-2/h4-7H,3,8-11,15H2,1-2H3,(H,16,18). The van der Waals surface area contributed by atoms with E-state index in [0.717, 1.165) is 25.2 Å². The average Bonchev–Trinajstić information content (AvgIpc) is 2.40. The van der Waals surface area contributed by atoms with E-state index >= 15 is 0 Å².